The number of amides is 1. The molecule has 1 amide bonds. The molecular weight excluding hydrogens is 347 g/mol. The van der Waals surface area contributed by atoms with Crippen LogP contribution in [0.1, 0.15) is 65.8 Å². The maximum atomic E-state index is 13.5. The summed E-state index contributed by atoms with van der Waals surface area (Å²) in [6.45, 7) is 0.663. The number of nitrogens with zero attached hydrogens (tertiary/aromatic N) is 3. The zero-order chi connectivity index (χ0) is 18.4. The average molecular weight is 368 g/mol. The molecule has 27 heavy (non-hydrogen) atoms. The largest absolute Gasteiger partial charge is 0.360 e. The van der Waals surface area contributed by atoms with Crippen LogP contribution in [0.4, 0.5) is 4.39 Å². The van der Waals surface area contributed by atoms with Gasteiger partial charge in [0.2, 0.25) is 0 Å². The Bertz CT molecular complexity index is 1010. The van der Waals surface area contributed by atoms with Crippen molar-refractivity contribution in [1.82, 2.24) is 20.0 Å². The van der Waals surface area contributed by atoms with Gasteiger partial charge in [-0.05, 0) is 56.7 Å². The van der Waals surface area contributed by atoms with Gasteiger partial charge in [0.05, 0.1) is 17.1 Å². The van der Waals surface area contributed by atoms with Crippen molar-refractivity contribution in [3.63, 3.8) is 0 Å². The highest BCUT2D eigenvalue weighted by molar-refractivity contribution is 5.94. The lowest BCUT2D eigenvalue weighted by molar-refractivity contribution is 0.0589. The number of carbonyl (C=O) groups excluding carboxylic acids is 1. The summed E-state index contributed by atoms with van der Waals surface area (Å²) in [5.41, 5.74) is 2.80. The van der Waals surface area contributed by atoms with E-state index in [0.717, 1.165) is 56.3 Å². The molecule has 0 bridgehead atoms. The fourth-order valence-corrected chi connectivity index (χ4v) is 4.31. The summed E-state index contributed by atoms with van der Waals surface area (Å²) in [5.74, 6) is 1.18. The van der Waals surface area contributed by atoms with Gasteiger partial charge in [0, 0.05) is 18.5 Å². The number of fused-ring (bicyclic) bond motifs is 2. The second-order valence-corrected chi connectivity index (χ2v) is 7.43. The van der Waals surface area contributed by atoms with Crippen molar-refractivity contribution >= 4 is 16.9 Å². The molecule has 1 fully saturated rings. The third-order valence-electron chi connectivity index (χ3n) is 5.69. The average Bonchev–Trinajstić information content (AvgIpc) is 3.31. The molecule has 0 spiro atoms. The molecular formula is C20H21FN4O2. The van der Waals surface area contributed by atoms with E-state index in [9.17, 15) is 9.18 Å². The molecule has 5 rings (SSSR count). The third-order valence-corrected chi connectivity index (χ3v) is 5.69. The monoisotopic (exact) mass is 368 g/mol. The lowest BCUT2D eigenvalue weighted by Gasteiger charge is -2.34. The van der Waals surface area contributed by atoms with Crippen LogP contribution >= 0.6 is 0 Å². The minimum absolute atomic E-state index is 0.0850. The number of imidazole rings is 1. The SMILES string of the molecule is O=C(c1noc2c1CCCC2)N1CCCC[C@@H]1c1nc2ccc(F)cc2[nH]1. The second kappa shape index (κ2) is 6.48. The van der Waals surface area contributed by atoms with Gasteiger partial charge in [-0.25, -0.2) is 9.37 Å². The Kier molecular flexibility index (Phi) is 3.95. The van der Waals surface area contributed by atoms with Crippen LogP contribution in [0, 0.1) is 5.82 Å². The van der Waals surface area contributed by atoms with Gasteiger partial charge in [-0.3, -0.25) is 4.79 Å². The molecule has 2 aliphatic rings. The first-order valence-corrected chi connectivity index (χ1v) is 9.64. The standard InChI is InChI=1S/C20H21FN4O2/c21-12-8-9-14-15(11-12)23-19(22-14)16-6-3-4-10-25(16)20(26)18-13-5-1-2-7-17(13)27-24-18/h8-9,11,16H,1-7,10H2,(H,22,23)/t16-/m1/s1. The Balaban J connectivity index is 1.49. The maximum absolute atomic E-state index is 13.5. The fraction of sp³-hybridized carbons (Fsp3) is 0.450. The third kappa shape index (κ3) is 2.81. The van der Waals surface area contributed by atoms with Crippen molar-refractivity contribution < 1.29 is 13.7 Å². The molecule has 3 aromatic rings. The topological polar surface area (TPSA) is 75.0 Å². The first-order valence-electron chi connectivity index (χ1n) is 9.64. The maximum Gasteiger partial charge on any atom is 0.276 e. The highest BCUT2D eigenvalue weighted by atomic mass is 19.1. The number of likely N-dealkylation sites (tertiary alicyclic amines) is 1. The Morgan fingerprint density at radius 2 is 2.11 bits per heavy atom. The van der Waals surface area contributed by atoms with E-state index in [1.54, 1.807) is 6.07 Å². The number of hydrogen-bond acceptors (Lipinski definition) is 4. The molecule has 1 aliphatic carbocycles. The van der Waals surface area contributed by atoms with Crippen LogP contribution in [0.15, 0.2) is 22.7 Å². The van der Waals surface area contributed by atoms with Gasteiger partial charge >= 0.3 is 0 Å². The molecule has 6 nitrogen and oxygen atoms in total. The van der Waals surface area contributed by atoms with Crippen molar-refractivity contribution in [1.29, 1.82) is 0 Å². The number of hydrogen-bond donors (Lipinski definition) is 1. The normalized spacial score (nSPS) is 20.0. The van der Waals surface area contributed by atoms with E-state index in [2.05, 4.69) is 15.1 Å². The van der Waals surface area contributed by atoms with E-state index in [1.807, 2.05) is 4.90 Å². The predicted octanol–water partition coefficient (Wildman–Crippen LogP) is 3.94. The number of H-pyrrole nitrogens is 1. The lowest BCUT2D eigenvalue weighted by Crippen LogP contribution is -2.39. The highest BCUT2D eigenvalue weighted by Gasteiger charge is 2.34. The molecule has 1 saturated heterocycles. The van der Waals surface area contributed by atoms with Crippen molar-refractivity contribution in [2.45, 2.75) is 51.0 Å². The van der Waals surface area contributed by atoms with Crippen LogP contribution in [0.2, 0.25) is 0 Å². The molecule has 3 heterocycles. The molecule has 7 heteroatoms. The summed E-state index contributed by atoms with van der Waals surface area (Å²) in [6, 6.07) is 4.35. The molecule has 2 aromatic heterocycles. The summed E-state index contributed by atoms with van der Waals surface area (Å²) in [5, 5.41) is 4.11. The zero-order valence-corrected chi connectivity index (χ0v) is 15.0. The van der Waals surface area contributed by atoms with Crippen molar-refractivity contribution in [2.75, 3.05) is 6.54 Å². The molecule has 140 valence electrons. The second-order valence-electron chi connectivity index (χ2n) is 7.43. The van der Waals surface area contributed by atoms with Crippen molar-refractivity contribution in [3.05, 3.63) is 46.9 Å². The molecule has 1 atom stereocenters. The number of aromatic nitrogens is 3. The van der Waals surface area contributed by atoms with Gasteiger partial charge in [0.15, 0.2) is 5.69 Å². The molecule has 1 aliphatic heterocycles. The van der Waals surface area contributed by atoms with Crippen LogP contribution < -0.4 is 0 Å². The Hall–Kier alpha value is -2.70. The first-order chi connectivity index (χ1) is 13.2. The predicted molar refractivity (Wildman–Crippen MR) is 96.8 cm³/mol. The number of nitrogens with one attached hydrogen (secondary N) is 1. The molecule has 0 unspecified atom stereocenters. The van der Waals surface area contributed by atoms with Crippen LogP contribution in [-0.4, -0.2) is 32.5 Å². The van der Waals surface area contributed by atoms with Gasteiger partial charge in [-0.2, -0.15) is 0 Å². The zero-order valence-electron chi connectivity index (χ0n) is 15.0. The van der Waals surface area contributed by atoms with Crippen molar-refractivity contribution in [3.8, 4) is 0 Å². The van der Waals surface area contributed by atoms with E-state index in [-0.39, 0.29) is 17.8 Å². The minimum Gasteiger partial charge on any atom is -0.360 e. The minimum atomic E-state index is -0.302. The van der Waals surface area contributed by atoms with Crippen LogP contribution in [0.25, 0.3) is 11.0 Å². The van der Waals surface area contributed by atoms with Gasteiger partial charge in [-0.1, -0.05) is 5.16 Å². The summed E-state index contributed by atoms with van der Waals surface area (Å²) in [7, 11) is 0. The van der Waals surface area contributed by atoms with E-state index in [4.69, 9.17) is 4.52 Å². The number of aromatic amines is 1. The summed E-state index contributed by atoms with van der Waals surface area (Å²) in [4.78, 5) is 23.0. The number of rotatable bonds is 2. The van der Waals surface area contributed by atoms with E-state index < -0.39 is 0 Å². The lowest BCUT2D eigenvalue weighted by atomic mass is 9.95. The fourth-order valence-electron chi connectivity index (χ4n) is 4.31. The van der Waals surface area contributed by atoms with E-state index in [1.165, 1.54) is 12.1 Å². The molecule has 1 aromatic carbocycles. The highest BCUT2D eigenvalue weighted by Crippen LogP contribution is 2.33. The number of carbonyl (C=O) groups is 1. The molecule has 0 saturated carbocycles. The summed E-state index contributed by atoms with van der Waals surface area (Å²) >= 11 is 0. The number of piperidine rings is 1. The number of halogens is 1. The van der Waals surface area contributed by atoms with Crippen molar-refractivity contribution in [2.24, 2.45) is 0 Å². The van der Waals surface area contributed by atoms with E-state index in [0.29, 0.717) is 29.1 Å². The van der Waals surface area contributed by atoms with Gasteiger partial charge in [0.25, 0.3) is 5.91 Å². The number of aryl methyl sites for hydroxylation is 1. The quantitative estimate of drug-likeness (QED) is 0.743. The van der Waals surface area contributed by atoms with E-state index >= 15 is 0 Å². The Labute approximate surface area is 155 Å². The van der Waals surface area contributed by atoms with Crippen LogP contribution in [0.5, 0.6) is 0 Å². The van der Waals surface area contributed by atoms with Crippen LogP contribution in [0.3, 0.4) is 0 Å². The smallest absolute Gasteiger partial charge is 0.276 e. The molecule has 0 radical (unpaired) electrons. The van der Waals surface area contributed by atoms with Gasteiger partial charge < -0.3 is 14.4 Å². The summed E-state index contributed by atoms with van der Waals surface area (Å²) in [6.07, 6.45) is 6.66. The molecule has 1 N–H and O–H groups in total. The number of benzene rings is 1. The van der Waals surface area contributed by atoms with Gasteiger partial charge in [0.1, 0.15) is 17.4 Å². The Morgan fingerprint density at radius 1 is 1.22 bits per heavy atom. The van der Waals surface area contributed by atoms with Gasteiger partial charge in [-0.15, -0.1) is 0 Å². The van der Waals surface area contributed by atoms with Crippen LogP contribution in [-0.2, 0) is 12.8 Å². The Morgan fingerprint density at radius 3 is 3.04 bits per heavy atom. The first kappa shape index (κ1) is 16.5. The summed E-state index contributed by atoms with van der Waals surface area (Å²) < 4.78 is 18.9.